The number of aryl methyl sites for hydroxylation is 2. The van der Waals surface area contributed by atoms with Gasteiger partial charge in [0.2, 0.25) is 29.5 Å². The van der Waals surface area contributed by atoms with E-state index < -0.39 is 65.4 Å². The number of pyridine rings is 1. The maximum absolute atomic E-state index is 14.3. The lowest BCUT2D eigenvalue weighted by molar-refractivity contribution is -0.142. The molecule has 3 aromatic heterocycles. The second-order valence-corrected chi connectivity index (χ2v) is 21.0. The van der Waals surface area contributed by atoms with Crippen molar-refractivity contribution in [1.29, 1.82) is 0 Å². The standard InChI is InChI=1S/C51H61N9O8S2/c1-28(2)42(57-31(5)61)49(66)60-25-38(20-41(60)48(65)54-22-33-11-15-35(16-12-33)44-30(4)56-27-70-44)68-37-17-18-39(52-23-37)46(63)58-45(51(6,7)8)50(67)59-24-36(62)19-40(59)47(64)53-21-32-9-13-34(14-10-32)43-29(3)55-26-69-43/h9-18,23,26-28,36,38,40-42,45,62H,19-22,24-25H2,1-8H3,(H,53,64)(H,54,65)(H,57,61)(H,58,63)/t36-,38-,40+,41+,42+,45-/m1/s1. The highest BCUT2D eigenvalue weighted by Gasteiger charge is 2.46. The lowest BCUT2D eigenvalue weighted by atomic mass is 9.85. The Hall–Kier alpha value is -6.57. The molecule has 2 aromatic carbocycles. The fourth-order valence-electron chi connectivity index (χ4n) is 8.71. The van der Waals surface area contributed by atoms with Gasteiger partial charge in [0.05, 0.1) is 51.0 Å². The zero-order valence-corrected chi connectivity index (χ0v) is 42.3. The van der Waals surface area contributed by atoms with Crippen LogP contribution in [0.2, 0.25) is 0 Å². The molecule has 0 spiro atoms. The monoisotopic (exact) mass is 991 g/mol. The lowest BCUT2D eigenvalue weighted by Gasteiger charge is -2.35. The van der Waals surface area contributed by atoms with E-state index >= 15 is 0 Å². The minimum Gasteiger partial charge on any atom is -0.487 e. The number of carbonyl (C=O) groups excluding carboxylic acids is 6. The molecule has 5 aromatic rings. The van der Waals surface area contributed by atoms with Crippen molar-refractivity contribution < 1.29 is 38.6 Å². The van der Waals surface area contributed by atoms with E-state index in [9.17, 15) is 33.9 Å². The molecule has 0 radical (unpaired) electrons. The van der Waals surface area contributed by atoms with Gasteiger partial charge in [0, 0.05) is 39.4 Å². The van der Waals surface area contributed by atoms with Gasteiger partial charge in [-0.1, -0.05) is 83.1 Å². The summed E-state index contributed by atoms with van der Waals surface area (Å²) in [6.45, 7) is 14.7. The Morgan fingerprint density at radius 3 is 1.71 bits per heavy atom. The van der Waals surface area contributed by atoms with Gasteiger partial charge in [0.15, 0.2) is 0 Å². The van der Waals surface area contributed by atoms with Crippen molar-refractivity contribution in [3.05, 3.63) is 106 Å². The fourth-order valence-corrected chi connectivity index (χ4v) is 10.3. The Morgan fingerprint density at radius 1 is 0.729 bits per heavy atom. The van der Waals surface area contributed by atoms with E-state index in [1.54, 1.807) is 60.5 Å². The molecule has 2 aliphatic rings. The van der Waals surface area contributed by atoms with Crippen LogP contribution in [0.1, 0.15) is 87.4 Å². The topological polar surface area (TPSA) is 225 Å². The normalized spacial score (nSPS) is 18.8. The van der Waals surface area contributed by atoms with E-state index in [0.29, 0.717) is 0 Å². The second-order valence-electron chi connectivity index (χ2n) is 19.3. The summed E-state index contributed by atoms with van der Waals surface area (Å²) in [5.41, 5.74) is 8.46. The molecular formula is C51H61N9O8S2. The third-order valence-corrected chi connectivity index (χ3v) is 14.5. The molecule has 19 heteroatoms. The van der Waals surface area contributed by atoms with Crippen molar-refractivity contribution in [2.75, 3.05) is 13.1 Å². The number of hydrogen-bond acceptors (Lipinski definition) is 13. The molecule has 0 bridgehead atoms. The minimum atomic E-state index is -1.09. The highest BCUT2D eigenvalue weighted by molar-refractivity contribution is 7.13. The Labute approximate surface area is 415 Å². The largest absolute Gasteiger partial charge is 0.487 e. The molecule has 370 valence electrons. The third kappa shape index (κ3) is 12.2. The summed E-state index contributed by atoms with van der Waals surface area (Å²) in [4.78, 5) is 99.6. The number of nitrogens with one attached hydrogen (secondary N) is 4. The van der Waals surface area contributed by atoms with Crippen molar-refractivity contribution in [3.63, 3.8) is 0 Å². The zero-order chi connectivity index (χ0) is 50.4. The van der Waals surface area contributed by atoms with Gasteiger partial charge in [-0.2, -0.15) is 0 Å². The maximum atomic E-state index is 14.3. The number of ether oxygens (including phenoxy) is 1. The number of thiazole rings is 2. The summed E-state index contributed by atoms with van der Waals surface area (Å²) in [6.07, 6.45) is -0.0209. The van der Waals surface area contributed by atoms with Gasteiger partial charge in [-0.15, -0.1) is 22.7 Å². The summed E-state index contributed by atoms with van der Waals surface area (Å²) in [5, 5.41) is 22.2. The molecule has 17 nitrogen and oxygen atoms in total. The van der Waals surface area contributed by atoms with Crippen molar-refractivity contribution in [1.82, 2.24) is 46.0 Å². The molecule has 2 fully saturated rings. The predicted molar refractivity (Wildman–Crippen MR) is 266 cm³/mol. The van der Waals surface area contributed by atoms with E-state index in [-0.39, 0.29) is 68.2 Å². The maximum Gasteiger partial charge on any atom is 0.270 e. The van der Waals surface area contributed by atoms with Crippen molar-refractivity contribution >= 4 is 58.1 Å². The van der Waals surface area contributed by atoms with Crippen LogP contribution in [0.4, 0.5) is 0 Å². The van der Waals surface area contributed by atoms with Gasteiger partial charge in [0.1, 0.15) is 41.7 Å². The summed E-state index contributed by atoms with van der Waals surface area (Å²) < 4.78 is 6.29. The number of aromatic nitrogens is 3. The van der Waals surface area contributed by atoms with Gasteiger partial charge in [-0.05, 0) is 59.6 Å². The fraction of sp³-hybridized carbons (Fsp3) is 0.431. The summed E-state index contributed by atoms with van der Waals surface area (Å²) in [6, 6.07) is 14.8. The van der Waals surface area contributed by atoms with Crippen LogP contribution in [0.25, 0.3) is 20.9 Å². The second kappa shape index (κ2) is 22.0. The van der Waals surface area contributed by atoms with E-state index in [2.05, 4.69) is 36.2 Å². The third-order valence-electron chi connectivity index (χ3n) is 12.5. The van der Waals surface area contributed by atoms with E-state index in [1.165, 1.54) is 29.0 Å². The number of nitrogens with zero attached hydrogens (tertiary/aromatic N) is 5. The first-order valence-corrected chi connectivity index (χ1v) is 25.1. The summed E-state index contributed by atoms with van der Waals surface area (Å²) >= 11 is 3.11. The molecule has 0 aliphatic carbocycles. The predicted octanol–water partition coefficient (Wildman–Crippen LogP) is 5.19. The van der Waals surface area contributed by atoms with Crippen LogP contribution < -0.4 is 26.0 Å². The van der Waals surface area contributed by atoms with Crippen molar-refractivity contribution in [2.45, 2.75) is 118 Å². The number of carbonyl (C=O) groups is 6. The van der Waals surface area contributed by atoms with E-state index in [4.69, 9.17) is 4.74 Å². The zero-order valence-electron chi connectivity index (χ0n) is 40.6. The number of β-amino-alcohol motifs (C(OH)–C–C–N with tert-alkyl or cyclic N) is 1. The van der Waals surface area contributed by atoms with Crippen molar-refractivity contribution in [2.24, 2.45) is 11.3 Å². The van der Waals surface area contributed by atoms with Gasteiger partial charge in [0.25, 0.3) is 5.91 Å². The number of benzene rings is 2. The molecular weight excluding hydrogens is 931 g/mol. The first-order chi connectivity index (χ1) is 33.3. The molecule has 6 atom stereocenters. The molecule has 0 unspecified atom stereocenters. The molecule has 6 amide bonds. The highest BCUT2D eigenvalue weighted by atomic mass is 32.1. The average molecular weight is 992 g/mol. The van der Waals surface area contributed by atoms with E-state index in [1.807, 2.05) is 76.2 Å². The molecule has 7 rings (SSSR count). The number of aliphatic hydroxyl groups excluding tert-OH is 1. The van der Waals surface area contributed by atoms with Gasteiger partial charge in [-0.25, -0.2) is 15.0 Å². The van der Waals surface area contributed by atoms with Crippen LogP contribution in [0.15, 0.2) is 77.9 Å². The SMILES string of the molecule is CC(=O)N[C@H](C(=O)N1C[C@H](Oc2ccc(C(=O)N[C@H](C(=O)N3C[C@H](O)C[C@H]3C(=O)NCc3ccc(-c4scnc4C)cc3)C(C)(C)C)nc2)C[C@H]1C(=O)NCc1ccc(-c2scnc2C)cc1)C(C)C. The first-order valence-electron chi connectivity index (χ1n) is 23.3. The van der Waals surface area contributed by atoms with Crippen molar-refractivity contribution in [3.8, 4) is 26.6 Å². The van der Waals surface area contributed by atoms with Crippen LogP contribution in [0.5, 0.6) is 5.75 Å². The molecule has 2 aliphatic heterocycles. The van der Waals surface area contributed by atoms with Gasteiger partial charge < -0.3 is 40.9 Å². The minimum absolute atomic E-state index is 0.00699. The Morgan fingerprint density at radius 2 is 1.26 bits per heavy atom. The van der Waals surface area contributed by atoms with Gasteiger partial charge in [-0.3, -0.25) is 28.8 Å². The lowest BCUT2D eigenvalue weighted by Crippen LogP contribution is -2.57. The van der Waals surface area contributed by atoms with Crippen LogP contribution >= 0.6 is 22.7 Å². The average Bonchev–Trinajstić information content (AvgIpc) is 4.15. The molecule has 5 heterocycles. The Balaban J connectivity index is 0.982. The number of rotatable bonds is 16. The van der Waals surface area contributed by atoms with E-state index in [0.717, 1.165) is 43.4 Å². The smallest absolute Gasteiger partial charge is 0.270 e. The Bertz CT molecular complexity index is 2680. The molecule has 70 heavy (non-hydrogen) atoms. The van der Waals surface area contributed by atoms with Crippen LogP contribution in [-0.2, 0) is 37.1 Å². The number of amides is 6. The number of hydrogen-bond donors (Lipinski definition) is 5. The summed E-state index contributed by atoms with van der Waals surface area (Å²) in [5.74, 6) is -2.71. The molecule has 2 saturated heterocycles. The van der Waals surface area contributed by atoms with Crippen LogP contribution in [0.3, 0.4) is 0 Å². The number of likely N-dealkylation sites (tertiary alicyclic amines) is 2. The Kier molecular flexibility index (Phi) is 16.1. The molecule has 0 saturated carbocycles. The highest BCUT2D eigenvalue weighted by Crippen LogP contribution is 2.31. The number of aliphatic hydroxyl groups is 1. The van der Waals surface area contributed by atoms with Crippen LogP contribution in [-0.4, -0.2) is 115 Å². The quantitative estimate of drug-likeness (QED) is 0.0865. The molecule has 5 N–H and O–H groups in total. The first kappa shape index (κ1) is 51.3. The van der Waals surface area contributed by atoms with Gasteiger partial charge >= 0.3 is 0 Å². The summed E-state index contributed by atoms with van der Waals surface area (Å²) in [7, 11) is 0. The van der Waals surface area contributed by atoms with Crippen LogP contribution in [0, 0.1) is 25.2 Å².